The zero-order chi connectivity index (χ0) is 39.6. The molecule has 0 aromatic heterocycles. The fourth-order valence-corrected chi connectivity index (χ4v) is 8.65. The predicted octanol–water partition coefficient (Wildman–Crippen LogP) is 6.88. The van der Waals surface area contributed by atoms with E-state index in [1.165, 1.54) is 16.7 Å². The molecule has 7 rings (SSSR count). The maximum atomic E-state index is 13.5. The molecule has 0 radical (unpaired) electrons. The summed E-state index contributed by atoms with van der Waals surface area (Å²) in [5.74, 6) is 0.309. The lowest BCUT2D eigenvalue weighted by Crippen LogP contribution is -2.55. The number of carbonyl (C=O) groups excluding carboxylic acids is 3. The van der Waals surface area contributed by atoms with Crippen LogP contribution in [0.4, 0.5) is 0 Å². The summed E-state index contributed by atoms with van der Waals surface area (Å²) >= 11 is 0. The number of allylic oxidation sites excluding steroid dienone is 2. The monoisotopic (exact) mass is 771 g/mol. The van der Waals surface area contributed by atoms with Crippen LogP contribution < -0.4 is 15.4 Å². The number of aromatic hydroxyl groups is 1. The van der Waals surface area contributed by atoms with Gasteiger partial charge in [-0.2, -0.15) is 0 Å². The van der Waals surface area contributed by atoms with Crippen LogP contribution in [0.15, 0.2) is 102 Å². The third kappa shape index (κ3) is 10.2. The minimum Gasteiger partial charge on any atom is -0.508 e. The van der Waals surface area contributed by atoms with Gasteiger partial charge in [0.05, 0.1) is 6.61 Å². The molecule has 2 unspecified atom stereocenters. The van der Waals surface area contributed by atoms with Crippen LogP contribution in [0.1, 0.15) is 87.8 Å². The second kappa shape index (κ2) is 19.3. The smallest absolute Gasteiger partial charge is 0.249 e. The van der Waals surface area contributed by atoms with Crippen molar-refractivity contribution >= 4 is 28.9 Å². The molecule has 2 bridgehead atoms. The molecule has 3 N–H and O–H groups in total. The molecule has 0 spiro atoms. The number of piperidine rings is 1. The molecular weight excluding hydrogens is 715 g/mol. The van der Waals surface area contributed by atoms with Crippen molar-refractivity contribution in [2.24, 2.45) is 0 Å². The number of carbonyl (C=O) groups is 3. The standard InChI is InChI=1S/C47H57N5O5/c1-2-41(34-11-5-3-6-12-34)45(35-15-19-39(53)20-16-35)36-17-21-40(22-18-36)57-32-10-4-9-26-50-28-30-51(31-29-50)46-37-13-7-8-14-38(48-46)33-44(55)52(27-25-37)42-23-24-43(54)49-47(42)56/h3,5-6,11-12,15-22,25,33,42,46,48,53H,2,4,7-10,13-14,23-24,26-32H2,1H3,(H,49,54,56)/b37-25+,38-33-,45-41-. The van der Waals surface area contributed by atoms with E-state index in [1.807, 2.05) is 18.2 Å². The van der Waals surface area contributed by atoms with Gasteiger partial charge in [0, 0.05) is 50.9 Å². The number of ether oxygens (including phenoxy) is 1. The van der Waals surface area contributed by atoms with Gasteiger partial charge in [0.25, 0.3) is 0 Å². The van der Waals surface area contributed by atoms with Crippen molar-refractivity contribution < 1.29 is 24.2 Å². The Hall–Kier alpha value is -5.19. The molecule has 57 heavy (non-hydrogen) atoms. The first-order valence-corrected chi connectivity index (χ1v) is 20.9. The van der Waals surface area contributed by atoms with Crippen molar-refractivity contribution in [2.75, 3.05) is 45.9 Å². The summed E-state index contributed by atoms with van der Waals surface area (Å²) in [6.07, 6.45) is 12.4. The van der Waals surface area contributed by atoms with E-state index >= 15 is 0 Å². The number of rotatable bonds is 13. The van der Waals surface area contributed by atoms with Gasteiger partial charge in [0.2, 0.25) is 17.7 Å². The Kier molecular flexibility index (Phi) is 13.6. The van der Waals surface area contributed by atoms with Crippen molar-refractivity contribution in [1.29, 1.82) is 0 Å². The van der Waals surface area contributed by atoms with Crippen molar-refractivity contribution in [2.45, 2.75) is 83.3 Å². The van der Waals surface area contributed by atoms with Crippen LogP contribution in [-0.4, -0.2) is 95.6 Å². The highest BCUT2D eigenvalue weighted by Gasteiger charge is 2.35. The third-order valence-electron chi connectivity index (χ3n) is 11.8. The number of hydrogen-bond donors (Lipinski definition) is 3. The molecule has 10 heteroatoms. The van der Waals surface area contributed by atoms with Crippen LogP contribution >= 0.6 is 0 Å². The second-order valence-corrected chi connectivity index (χ2v) is 15.6. The average Bonchev–Trinajstić information content (AvgIpc) is 3.25. The van der Waals surface area contributed by atoms with E-state index in [9.17, 15) is 19.5 Å². The average molecular weight is 772 g/mol. The normalized spacial score (nSPS) is 23.3. The van der Waals surface area contributed by atoms with Crippen LogP contribution in [0, 0.1) is 0 Å². The molecule has 0 aliphatic carbocycles. The van der Waals surface area contributed by atoms with Crippen LogP contribution in [0.3, 0.4) is 0 Å². The number of nitrogens with one attached hydrogen (secondary N) is 2. The molecule has 3 saturated heterocycles. The van der Waals surface area contributed by atoms with E-state index in [-0.39, 0.29) is 36.1 Å². The zero-order valence-electron chi connectivity index (χ0n) is 33.3. The summed E-state index contributed by atoms with van der Waals surface area (Å²) in [6, 6.07) is 25.7. The molecule has 4 aliphatic heterocycles. The van der Waals surface area contributed by atoms with Gasteiger partial charge < -0.3 is 25.0 Å². The highest BCUT2D eigenvalue weighted by molar-refractivity contribution is 6.03. The van der Waals surface area contributed by atoms with Crippen molar-refractivity contribution in [1.82, 2.24) is 25.3 Å². The van der Waals surface area contributed by atoms with Crippen LogP contribution in [0.25, 0.3) is 11.1 Å². The summed E-state index contributed by atoms with van der Waals surface area (Å²) in [7, 11) is 0. The summed E-state index contributed by atoms with van der Waals surface area (Å²) in [6.45, 7) is 8.19. The number of piperazine rings is 1. The highest BCUT2D eigenvalue weighted by Crippen LogP contribution is 2.36. The molecule has 0 saturated carbocycles. The van der Waals surface area contributed by atoms with Gasteiger partial charge in [0.15, 0.2) is 0 Å². The lowest BCUT2D eigenvalue weighted by Gasteiger charge is -2.42. The topological polar surface area (TPSA) is 114 Å². The van der Waals surface area contributed by atoms with Crippen molar-refractivity contribution in [3.05, 3.63) is 119 Å². The first kappa shape index (κ1) is 40.0. The van der Waals surface area contributed by atoms with E-state index in [2.05, 4.69) is 82.0 Å². The Morgan fingerprint density at radius 1 is 0.807 bits per heavy atom. The molecule has 3 aromatic rings. The Labute approximate surface area is 337 Å². The number of imide groups is 1. The molecule has 4 aliphatic rings. The summed E-state index contributed by atoms with van der Waals surface area (Å²) in [4.78, 5) is 44.7. The van der Waals surface area contributed by atoms with Crippen LogP contribution in [0.5, 0.6) is 11.5 Å². The van der Waals surface area contributed by atoms with Crippen molar-refractivity contribution in [3.8, 4) is 11.5 Å². The third-order valence-corrected chi connectivity index (χ3v) is 11.8. The fraction of sp³-hybridized carbons (Fsp3) is 0.426. The van der Waals surface area contributed by atoms with Gasteiger partial charge in [-0.3, -0.25) is 24.6 Å². The van der Waals surface area contributed by atoms with E-state index in [0.29, 0.717) is 19.6 Å². The molecule has 4 heterocycles. The van der Waals surface area contributed by atoms with Crippen molar-refractivity contribution in [3.63, 3.8) is 0 Å². The maximum Gasteiger partial charge on any atom is 0.249 e. The number of amides is 3. The molecule has 300 valence electrons. The molecular formula is C47H57N5O5. The van der Waals surface area contributed by atoms with Crippen LogP contribution in [-0.2, 0) is 14.4 Å². The number of phenolic OH excluding ortho intramolecular Hbond substituents is 1. The van der Waals surface area contributed by atoms with E-state index in [4.69, 9.17) is 4.74 Å². The van der Waals surface area contributed by atoms with Gasteiger partial charge in [0.1, 0.15) is 23.7 Å². The van der Waals surface area contributed by atoms with Gasteiger partial charge in [-0.05, 0) is 122 Å². The summed E-state index contributed by atoms with van der Waals surface area (Å²) < 4.78 is 6.19. The highest BCUT2D eigenvalue weighted by atomic mass is 16.5. The molecule has 3 aromatic carbocycles. The molecule has 2 atom stereocenters. The van der Waals surface area contributed by atoms with Crippen LogP contribution in [0.2, 0.25) is 0 Å². The van der Waals surface area contributed by atoms with E-state index in [0.717, 1.165) is 112 Å². The maximum absolute atomic E-state index is 13.5. The van der Waals surface area contributed by atoms with E-state index < -0.39 is 6.04 Å². The lowest BCUT2D eigenvalue weighted by molar-refractivity contribution is -0.143. The number of hydrogen-bond acceptors (Lipinski definition) is 8. The Morgan fingerprint density at radius 2 is 1.53 bits per heavy atom. The SMILES string of the molecule is CC/C(=C(\c1ccc(O)cc1)c1ccc(OCCCCCN2CCN(C3N/C4=C\C(=O)N(C5CCC(=O)NC5=O)C/C=C/3CCCC4)CC2)cc1)c1ccccc1. The molecule has 10 nitrogen and oxygen atoms in total. The Bertz CT molecular complexity index is 1950. The predicted molar refractivity (Wildman–Crippen MR) is 224 cm³/mol. The second-order valence-electron chi connectivity index (χ2n) is 15.6. The number of nitrogens with zero attached hydrogens (tertiary/aromatic N) is 3. The minimum absolute atomic E-state index is 0.0346. The number of phenols is 1. The van der Waals surface area contributed by atoms with Gasteiger partial charge in [-0.1, -0.05) is 67.6 Å². The first-order valence-electron chi connectivity index (χ1n) is 20.9. The van der Waals surface area contributed by atoms with Gasteiger partial charge in [-0.25, -0.2) is 0 Å². The lowest BCUT2D eigenvalue weighted by atomic mass is 9.88. The number of fused-ring (bicyclic) bond motifs is 3. The number of unbranched alkanes of at least 4 members (excludes halogenated alkanes) is 2. The Balaban J connectivity index is 0.881. The minimum atomic E-state index is -0.627. The molecule has 3 fully saturated rings. The van der Waals surface area contributed by atoms with Gasteiger partial charge >= 0.3 is 0 Å². The fourth-order valence-electron chi connectivity index (χ4n) is 8.65. The molecule has 3 amide bonds. The Morgan fingerprint density at radius 3 is 2.25 bits per heavy atom. The first-order chi connectivity index (χ1) is 27.9. The quantitative estimate of drug-likeness (QED) is 0.0747. The zero-order valence-corrected chi connectivity index (χ0v) is 33.3. The largest absolute Gasteiger partial charge is 0.508 e. The summed E-state index contributed by atoms with van der Waals surface area (Å²) in [5.41, 5.74) is 8.02. The number of benzene rings is 3. The van der Waals surface area contributed by atoms with Gasteiger partial charge in [-0.15, -0.1) is 0 Å². The van der Waals surface area contributed by atoms with E-state index in [1.54, 1.807) is 23.1 Å². The summed E-state index contributed by atoms with van der Waals surface area (Å²) in [5, 5.41) is 16.1.